The number of hydrogen-bond acceptors (Lipinski definition) is 9. The summed E-state index contributed by atoms with van der Waals surface area (Å²) in [5.41, 5.74) is 1.36. The monoisotopic (exact) mass is 571 g/mol. The first-order chi connectivity index (χ1) is 19.2. The summed E-state index contributed by atoms with van der Waals surface area (Å²) < 4.78 is 17.4. The van der Waals surface area contributed by atoms with E-state index >= 15 is 0 Å². The second-order valence-corrected chi connectivity index (χ2v) is 11.8. The standard InChI is InChI=1S/C30H41N3O6S/c1-6-38-24-18-22(8-9-23(24)39-15-10-19(2)3)26-25(27(34)29-20(4)31-21(5)40-29)28(35)30(36)33(26)12-7-11-32-13-16-37-17-14-32/h8-9,18-19,26,35H,6-7,10-17H2,1-5H3. The van der Waals surface area contributed by atoms with Crippen molar-refractivity contribution in [3.05, 3.63) is 50.7 Å². The Morgan fingerprint density at radius 3 is 2.58 bits per heavy atom. The van der Waals surface area contributed by atoms with Gasteiger partial charge in [-0.2, -0.15) is 0 Å². The maximum Gasteiger partial charge on any atom is 0.290 e. The fourth-order valence-corrected chi connectivity index (χ4v) is 5.98. The minimum absolute atomic E-state index is 0.0825. The van der Waals surface area contributed by atoms with E-state index < -0.39 is 17.7 Å². The largest absolute Gasteiger partial charge is 0.503 e. The molecule has 10 heteroatoms. The molecule has 1 unspecified atom stereocenters. The average molecular weight is 572 g/mol. The van der Waals surface area contributed by atoms with Gasteiger partial charge >= 0.3 is 0 Å². The number of rotatable bonds is 13. The first-order valence-electron chi connectivity index (χ1n) is 14.1. The van der Waals surface area contributed by atoms with E-state index in [1.807, 2.05) is 32.0 Å². The molecular formula is C30H41N3O6S. The fraction of sp³-hybridized carbons (Fsp3) is 0.567. The number of ether oxygens (including phenoxy) is 3. The molecule has 2 aromatic rings. The van der Waals surface area contributed by atoms with Crippen LogP contribution in [0.15, 0.2) is 29.5 Å². The van der Waals surface area contributed by atoms with Gasteiger partial charge < -0.3 is 24.2 Å². The molecule has 4 rings (SSSR count). The lowest BCUT2D eigenvalue weighted by atomic mass is 9.94. The predicted octanol–water partition coefficient (Wildman–Crippen LogP) is 4.88. The Kier molecular flexibility index (Phi) is 10.2. The maximum atomic E-state index is 13.9. The normalized spacial score (nSPS) is 18.2. The molecule has 2 aliphatic rings. The fourth-order valence-electron chi connectivity index (χ4n) is 5.10. The molecule has 40 heavy (non-hydrogen) atoms. The molecule has 1 N–H and O–H groups in total. The second kappa shape index (κ2) is 13.6. The number of Topliss-reactive ketones (excluding diaryl/α,β-unsaturated/α-hetero) is 1. The van der Waals surface area contributed by atoms with Crippen LogP contribution in [-0.2, 0) is 9.53 Å². The molecule has 2 aliphatic heterocycles. The third kappa shape index (κ3) is 6.85. The average Bonchev–Trinajstić information content (AvgIpc) is 3.40. The van der Waals surface area contributed by atoms with Gasteiger partial charge in [0.2, 0.25) is 5.78 Å². The van der Waals surface area contributed by atoms with E-state index in [1.165, 1.54) is 11.3 Å². The number of morpholine rings is 1. The molecular weight excluding hydrogens is 530 g/mol. The smallest absolute Gasteiger partial charge is 0.290 e. The Morgan fingerprint density at radius 1 is 1.18 bits per heavy atom. The molecule has 3 heterocycles. The molecule has 1 aromatic carbocycles. The Labute approximate surface area is 240 Å². The van der Waals surface area contributed by atoms with Crippen molar-refractivity contribution in [1.29, 1.82) is 0 Å². The Balaban J connectivity index is 1.67. The van der Waals surface area contributed by atoms with Crippen molar-refractivity contribution in [2.24, 2.45) is 5.92 Å². The minimum atomic E-state index is -0.754. The van der Waals surface area contributed by atoms with E-state index in [2.05, 4.69) is 23.7 Å². The van der Waals surface area contributed by atoms with Crippen LogP contribution in [0.2, 0.25) is 0 Å². The van der Waals surface area contributed by atoms with E-state index in [1.54, 1.807) is 11.8 Å². The number of aliphatic hydroxyl groups excluding tert-OH is 1. The first kappa shape index (κ1) is 30.0. The van der Waals surface area contributed by atoms with Crippen molar-refractivity contribution in [2.45, 2.75) is 53.5 Å². The maximum absolute atomic E-state index is 13.9. The molecule has 1 aromatic heterocycles. The summed E-state index contributed by atoms with van der Waals surface area (Å²) >= 11 is 1.27. The molecule has 0 bridgehead atoms. The zero-order valence-electron chi connectivity index (χ0n) is 24.2. The van der Waals surface area contributed by atoms with Gasteiger partial charge in [0, 0.05) is 26.2 Å². The van der Waals surface area contributed by atoms with Crippen LogP contribution in [0.3, 0.4) is 0 Å². The quantitative estimate of drug-likeness (QED) is 0.340. The molecule has 0 spiro atoms. The summed E-state index contributed by atoms with van der Waals surface area (Å²) in [5, 5.41) is 11.9. The van der Waals surface area contributed by atoms with Crippen LogP contribution in [0.5, 0.6) is 11.5 Å². The molecule has 0 radical (unpaired) electrons. The van der Waals surface area contributed by atoms with E-state index in [-0.39, 0.29) is 11.4 Å². The van der Waals surface area contributed by atoms with Crippen molar-refractivity contribution in [2.75, 3.05) is 52.6 Å². The molecule has 0 aliphatic carbocycles. The highest BCUT2D eigenvalue weighted by molar-refractivity contribution is 7.14. The van der Waals surface area contributed by atoms with E-state index in [4.69, 9.17) is 14.2 Å². The molecule has 1 fully saturated rings. The van der Waals surface area contributed by atoms with Crippen molar-refractivity contribution < 1.29 is 28.9 Å². The van der Waals surface area contributed by atoms with Gasteiger partial charge in [-0.05, 0) is 57.2 Å². The number of benzene rings is 1. The number of nitrogens with zero attached hydrogens (tertiary/aromatic N) is 3. The van der Waals surface area contributed by atoms with Crippen molar-refractivity contribution in [3.8, 4) is 11.5 Å². The van der Waals surface area contributed by atoms with Crippen molar-refractivity contribution in [1.82, 2.24) is 14.8 Å². The number of aromatic nitrogens is 1. The SMILES string of the molecule is CCOc1cc(C2C(C(=O)c3sc(C)nc3C)=C(O)C(=O)N2CCCN2CCOCC2)ccc1OCCC(C)C. The second-order valence-electron chi connectivity index (χ2n) is 10.6. The summed E-state index contributed by atoms with van der Waals surface area (Å²) in [5.74, 6) is 0.263. The number of ketones is 1. The zero-order chi connectivity index (χ0) is 28.8. The third-order valence-electron chi connectivity index (χ3n) is 7.17. The van der Waals surface area contributed by atoms with Crippen LogP contribution < -0.4 is 9.47 Å². The molecule has 1 saturated heterocycles. The van der Waals surface area contributed by atoms with Crippen LogP contribution in [0.25, 0.3) is 0 Å². The number of aryl methyl sites for hydroxylation is 2. The molecule has 218 valence electrons. The summed E-state index contributed by atoms with van der Waals surface area (Å²) in [7, 11) is 0. The Hall–Kier alpha value is -2.95. The van der Waals surface area contributed by atoms with Gasteiger partial charge in [0.25, 0.3) is 5.91 Å². The van der Waals surface area contributed by atoms with Crippen LogP contribution in [-0.4, -0.2) is 84.2 Å². The number of carbonyl (C=O) groups excluding carboxylic acids is 2. The van der Waals surface area contributed by atoms with Gasteiger partial charge in [0.05, 0.1) is 53.6 Å². The Bertz CT molecular complexity index is 1230. The lowest BCUT2D eigenvalue weighted by molar-refractivity contribution is -0.129. The van der Waals surface area contributed by atoms with Gasteiger partial charge in [-0.25, -0.2) is 4.98 Å². The molecule has 0 saturated carbocycles. The Morgan fingerprint density at radius 2 is 1.93 bits per heavy atom. The van der Waals surface area contributed by atoms with Gasteiger partial charge in [-0.3, -0.25) is 14.5 Å². The van der Waals surface area contributed by atoms with Crippen molar-refractivity contribution in [3.63, 3.8) is 0 Å². The highest BCUT2D eigenvalue weighted by Crippen LogP contribution is 2.42. The highest BCUT2D eigenvalue weighted by atomic mass is 32.1. The number of thiazole rings is 1. The number of aliphatic hydroxyl groups is 1. The third-order valence-corrected chi connectivity index (χ3v) is 8.24. The highest BCUT2D eigenvalue weighted by Gasteiger charge is 2.44. The van der Waals surface area contributed by atoms with E-state index in [9.17, 15) is 14.7 Å². The number of hydrogen-bond donors (Lipinski definition) is 1. The summed E-state index contributed by atoms with van der Waals surface area (Å²) in [4.78, 5) is 36.1. The minimum Gasteiger partial charge on any atom is -0.503 e. The number of amides is 1. The van der Waals surface area contributed by atoms with Gasteiger partial charge in [-0.15, -0.1) is 11.3 Å². The molecule has 9 nitrogen and oxygen atoms in total. The first-order valence-corrected chi connectivity index (χ1v) is 14.9. The lowest BCUT2D eigenvalue weighted by Gasteiger charge is -2.30. The van der Waals surface area contributed by atoms with Crippen LogP contribution in [0.1, 0.15) is 65.6 Å². The van der Waals surface area contributed by atoms with Crippen LogP contribution >= 0.6 is 11.3 Å². The summed E-state index contributed by atoms with van der Waals surface area (Å²) in [6.45, 7) is 15.1. The van der Waals surface area contributed by atoms with Crippen LogP contribution in [0.4, 0.5) is 0 Å². The number of carbonyl (C=O) groups is 2. The van der Waals surface area contributed by atoms with E-state index in [0.717, 1.165) is 31.1 Å². The summed E-state index contributed by atoms with van der Waals surface area (Å²) in [6.07, 6.45) is 1.61. The predicted molar refractivity (Wildman–Crippen MR) is 154 cm³/mol. The van der Waals surface area contributed by atoms with Gasteiger partial charge in [0.1, 0.15) is 0 Å². The van der Waals surface area contributed by atoms with Crippen LogP contribution in [0, 0.1) is 19.8 Å². The molecule has 1 atom stereocenters. The van der Waals surface area contributed by atoms with Crippen molar-refractivity contribution >= 4 is 23.0 Å². The zero-order valence-corrected chi connectivity index (χ0v) is 25.0. The molecule has 1 amide bonds. The van der Waals surface area contributed by atoms with Gasteiger partial charge in [-0.1, -0.05) is 19.9 Å². The topological polar surface area (TPSA) is 101 Å². The van der Waals surface area contributed by atoms with E-state index in [0.29, 0.717) is 72.9 Å². The van der Waals surface area contributed by atoms with Gasteiger partial charge in [0.15, 0.2) is 17.3 Å². The summed E-state index contributed by atoms with van der Waals surface area (Å²) in [6, 6.07) is 4.76. The lowest BCUT2D eigenvalue weighted by Crippen LogP contribution is -2.39.